The summed E-state index contributed by atoms with van der Waals surface area (Å²) in [6, 6.07) is 4.53. The molecule has 1 aromatic heterocycles. The number of nitrogen functional groups attached to an aromatic ring is 1. The highest BCUT2D eigenvalue weighted by Crippen LogP contribution is 2.25. The number of thiazole rings is 1. The Morgan fingerprint density at radius 3 is 2.94 bits per heavy atom. The zero-order valence-corrected chi connectivity index (χ0v) is 10.4. The van der Waals surface area contributed by atoms with Gasteiger partial charge in [0.15, 0.2) is 5.13 Å². The van der Waals surface area contributed by atoms with Gasteiger partial charge in [0.05, 0.1) is 15.9 Å². The molecule has 6 nitrogen and oxygen atoms in total. The molecule has 0 aliphatic heterocycles. The van der Waals surface area contributed by atoms with Crippen LogP contribution in [0.3, 0.4) is 0 Å². The summed E-state index contributed by atoms with van der Waals surface area (Å²) in [6.07, 6.45) is 1.63. The first-order chi connectivity index (χ1) is 8.56. The lowest BCUT2D eigenvalue weighted by molar-refractivity contribution is -0.385. The van der Waals surface area contributed by atoms with Gasteiger partial charge in [-0.15, -0.1) is 0 Å². The van der Waals surface area contributed by atoms with Gasteiger partial charge < -0.3 is 10.5 Å². The molecule has 0 saturated heterocycles. The van der Waals surface area contributed by atoms with Crippen LogP contribution < -0.4 is 10.5 Å². The standard InChI is InChI=1S/C11H11N3O3S/c1-7-2-3-8(14(15)16)4-10(7)17-6-9-5-13-11(12)18-9/h2-5H,6H2,1H3,(H2,12,13). The molecule has 2 aromatic rings. The minimum absolute atomic E-state index is 0.0134. The highest BCUT2D eigenvalue weighted by atomic mass is 32.1. The number of benzene rings is 1. The minimum Gasteiger partial charge on any atom is -0.487 e. The van der Waals surface area contributed by atoms with Crippen molar-refractivity contribution in [2.45, 2.75) is 13.5 Å². The lowest BCUT2D eigenvalue weighted by Crippen LogP contribution is -1.96. The van der Waals surface area contributed by atoms with Crippen LogP contribution >= 0.6 is 11.3 Å². The summed E-state index contributed by atoms with van der Waals surface area (Å²) in [6.45, 7) is 2.14. The first-order valence-corrected chi connectivity index (χ1v) is 5.96. The van der Waals surface area contributed by atoms with Gasteiger partial charge in [-0.05, 0) is 18.6 Å². The molecule has 0 fully saturated rings. The molecule has 0 saturated carbocycles. The van der Waals surface area contributed by atoms with E-state index in [1.807, 2.05) is 6.92 Å². The monoisotopic (exact) mass is 265 g/mol. The van der Waals surface area contributed by atoms with E-state index in [9.17, 15) is 10.1 Å². The molecule has 0 spiro atoms. The third kappa shape index (κ3) is 2.75. The van der Waals surface area contributed by atoms with Gasteiger partial charge in [-0.2, -0.15) is 0 Å². The van der Waals surface area contributed by atoms with Crippen molar-refractivity contribution in [1.82, 2.24) is 4.98 Å². The Balaban J connectivity index is 2.13. The van der Waals surface area contributed by atoms with Crippen LogP contribution in [-0.2, 0) is 6.61 Å². The first kappa shape index (κ1) is 12.3. The number of nitrogens with two attached hydrogens (primary N) is 1. The zero-order valence-electron chi connectivity index (χ0n) is 9.62. The summed E-state index contributed by atoms with van der Waals surface area (Å²) in [7, 11) is 0. The third-order valence-electron chi connectivity index (χ3n) is 2.32. The predicted octanol–water partition coefficient (Wildman–Crippen LogP) is 2.52. The quantitative estimate of drug-likeness (QED) is 0.677. The maximum absolute atomic E-state index is 10.7. The lowest BCUT2D eigenvalue weighted by Gasteiger charge is -2.07. The Kier molecular flexibility index (Phi) is 3.42. The molecule has 0 radical (unpaired) electrons. The first-order valence-electron chi connectivity index (χ1n) is 5.14. The Morgan fingerprint density at radius 1 is 1.56 bits per heavy atom. The molecule has 0 amide bonds. The number of hydrogen-bond acceptors (Lipinski definition) is 6. The van der Waals surface area contributed by atoms with Crippen molar-refractivity contribution < 1.29 is 9.66 Å². The molecule has 2 N–H and O–H groups in total. The van der Waals surface area contributed by atoms with Crippen molar-refractivity contribution in [3.8, 4) is 5.75 Å². The van der Waals surface area contributed by atoms with Crippen LogP contribution in [0.5, 0.6) is 5.75 Å². The van der Waals surface area contributed by atoms with Gasteiger partial charge in [-0.25, -0.2) is 4.98 Å². The van der Waals surface area contributed by atoms with Gasteiger partial charge in [0, 0.05) is 12.3 Å². The Morgan fingerprint density at radius 2 is 2.33 bits per heavy atom. The summed E-state index contributed by atoms with van der Waals surface area (Å²) in [4.78, 5) is 15.0. The fourth-order valence-corrected chi connectivity index (χ4v) is 1.99. The molecular formula is C11H11N3O3S. The van der Waals surface area contributed by atoms with Crippen molar-refractivity contribution in [2.75, 3.05) is 5.73 Å². The summed E-state index contributed by atoms with van der Waals surface area (Å²) < 4.78 is 5.54. The van der Waals surface area contributed by atoms with Crippen LogP contribution in [0.2, 0.25) is 0 Å². The molecule has 0 aliphatic carbocycles. The molecule has 0 unspecified atom stereocenters. The molecule has 0 atom stereocenters. The van der Waals surface area contributed by atoms with Crippen molar-refractivity contribution in [2.24, 2.45) is 0 Å². The molecule has 0 bridgehead atoms. The minimum atomic E-state index is -0.447. The zero-order chi connectivity index (χ0) is 13.1. The Labute approximate surface area is 107 Å². The second-order valence-corrected chi connectivity index (χ2v) is 4.81. The largest absolute Gasteiger partial charge is 0.487 e. The third-order valence-corrected chi connectivity index (χ3v) is 3.12. The predicted molar refractivity (Wildman–Crippen MR) is 68.7 cm³/mol. The topological polar surface area (TPSA) is 91.3 Å². The highest BCUT2D eigenvalue weighted by molar-refractivity contribution is 7.15. The molecule has 2 rings (SSSR count). The van der Waals surface area contributed by atoms with Gasteiger partial charge in [0.2, 0.25) is 0 Å². The molecule has 18 heavy (non-hydrogen) atoms. The van der Waals surface area contributed by atoms with E-state index in [0.717, 1.165) is 10.4 Å². The summed E-state index contributed by atoms with van der Waals surface area (Å²) >= 11 is 1.33. The number of nitrogens with zero attached hydrogens (tertiary/aromatic N) is 2. The van der Waals surface area contributed by atoms with Crippen LogP contribution in [-0.4, -0.2) is 9.91 Å². The smallest absolute Gasteiger partial charge is 0.273 e. The number of rotatable bonds is 4. The number of anilines is 1. The van der Waals surface area contributed by atoms with Crippen LogP contribution in [0.1, 0.15) is 10.4 Å². The highest BCUT2D eigenvalue weighted by Gasteiger charge is 2.10. The van der Waals surface area contributed by atoms with Crippen molar-refractivity contribution in [3.63, 3.8) is 0 Å². The maximum atomic E-state index is 10.7. The molecule has 1 aromatic carbocycles. The van der Waals surface area contributed by atoms with Gasteiger partial charge in [-0.1, -0.05) is 11.3 Å². The van der Waals surface area contributed by atoms with E-state index in [0.29, 0.717) is 17.5 Å². The SMILES string of the molecule is Cc1ccc([N+](=O)[O-])cc1OCc1cnc(N)s1. The van der Waals surface area contributed by atoms with E-state index in [4.69, 9.17) is 10.5 Å². The van der Waals surface area contributed by atoms with E-state index < -0.39 is 4.92 Å². The van der Waals surface area contributed by atoms with Crippen molar-refractivity contribution in [3.05, 3.63) is 45.0 Å². The average molecular weight is 265 g/mol. The number of aromatic nitrogens is 1. The molecule has 7 heteroatoms. The van der Waals surface area contributed by atoms with Crippen molar-refractivity contribution >= 4 is 22.2 Å². The second-order valence-electron chi connectivity index (χ2n) is 3.66. The number of nitro benzene ring substituents is 1. The van der Waals surface area contributed by atoms with Gasteiger partial charge >= 0.3 is 0 Å². The number of nitro groups is 1. The fraction of sp³-hybridized carbons (Fsp3) is 0.182. The van der Waals surface area contributed by atoms with E-state index >= 15 is 0 Å². The molecule has 0 aliphatic rings. The van der Waals surface area contributed by atoms with Gasteiger partial charge in [0.1, 0.15) is 12.4 Å². The second kappa shape index (κ2) is 5.01. The van der Waals surface area contributed by atoms with E-state index in [1.54, 1.807) is 12.3 Å². The lowest BCUT2D eigenvalue weighted by atomic mass is 10.2. The van der Waals surface area contributed by atoms with E-state index in [2.05, 4.69) is 4.98 Å². The van der Waals surface area contributed by atoms with Gasteiger partial charge in [0.25, 0.3) is 5.69 Å². The van der Waals surface area contributed by atoms with Crippen molar-refractivity contribution in [1.29, 1.82) is 0 Å². The number of aryl methyl sites for hydroxylation is 1. The number of non-ortho nitro benzene ring substituents is 1. The molecular weight excluding hydrogens is 254 g/mol. The summed E-state index contributed by atoms with van der Waals surface area (Å²) in [5.74, 6) is 0.496. The number of hydrogen-bond donors (Lipinski definition) is 1. The average Bonchev–Trinajstić information content (AvgIpc) is 2.74. The van der Waals surface area contributed by atoms with Gasteiger partial charge in [-0.3, -0.25) is 10.1 Å². The summed E-state index contributed by atoms with van der Waals surface area (Å²) in [5.41, 5.74) is 6.36. The van der Waals surface area contributed by atoms with Crippen LogP contribution in [0.4, 0.5) is 10.8 Å². The molecule has 1 heterocycles. The normalized spacial score (nSPS) is 10.3. The van der Waals surface area contributed by atoms with E-state index in [1.165, 1.54) is 23.5 Å². The maximum Gasteiger partial charge on any atom is 0.273 e. The van der Waals surface area contributed by atoms with Crippen LogP contribution in [0.15, 0.2) is 24.4 Å². The van der Waals surface area contributed by atoms with E-state index in [-0.39, 0.29) is 5.69 Å². The Bertz CT molecular complexity index is 583. The van der Waals surface area contributed by atoms with Crippen LogP contribution in [0.25, 0.3) is 0 Å². The van der Waals surface area contributed by atoms with Crippen LogP contribution in [0, 0.1) is 17.0 Å². The summed E-state index contributed by atoms with van der Waals surface area (Å²) in [5, 5.41) is 11.1. The Hall–Kier alpha value is -2.15. The molecule has 94 valence electrons. The number of ether oxygens (including phenoxy) is 1. The fourth-order valence-electron chi connectivity index (χ4n) is 1.40.